The molecule has 2 saturated heterocycles. The van der Waals surface area contributed by atoms with E-state index in [0.29, 0.717) is 0 Å². The molecule has 2 aliphatic rings. The SMILES string of the molecule is CN1CCN(C(C)(C)CNCC2CCOC2)CC1. The molecule has 0 aromatic rings. The number of hydrogen-bond acceptors (Lipinski definition) is 4. The van der Waals surface area contributed by atoms with Gasteiger partial charge < -0.3 is 15.0 Å². The number of rotatable bonds is 5. The van der Waals surface area contributed by atoms with Crippen molar-refractivity contribution in [3.05, 3.63) is 0 Å². The lowest BCUT2D eigenvalue weighted by Gasteiger charge is -2.43. The van der Waals surface area contributed by atoms with E-state index in [-0.39, 0.29) is 5.54 Å². The molecule has 2 heterocycles. The predicted molar refractivity (Wildman–Crippen MR) is 74.9 cm³/mol. The largest absolute Gasteiger partial charge is 0.381 e. The van der Waals surface area contributed by atoms with E-state index in [1.807, 2.05) is 0 Å². The fourth-order valence-electron chi connectivity index (χ4n) is 2.85. The van der Waals surface area contributed by atoms with Crippen LogP contribution in [-0.4, -0.2) is 74.9 Å². The van der Waals surface area contributed by atoms with Crippen molar-refractivity contribution >= 4 is 0 Å². The lowest BCUT2D eigenvalue weighted by Crippen LogP contribution is -2.57. The van der Waals surface area contributed by atoms with E-state index < -0.39 is 0 Å². The number of likely N-dealkylation sites (N-methyl/N-ethyl adjacent to an activating group) is 1. The summed E-state index contributed by atoms with van der Waals surface area (Å²) in [6.07, 6.45) is 1.22. The number of ether oxygens (including phenoxy) is 1. The molecule has 4 nitrogen and oxygen atoms in total. The summed E-state index contributed by atoms with van der Waals surface area (Å²) in [7, 11) is 2.21. The van der Waals surface area contributed by atoms with Gasteiger partial charge in [-0.05, 0) is 33.2 Å². The zero-order valence-corrected chi connectivity index (χ0v) is 12.2. The topological polar surface area (TPSA) is 27.7 Å². The molecule has 106 valence electrons. The van der Waals surface area contributed by atoms with Crippen molar-refractivity contribution in [3.8, 4) is 0 Å². The summed E-state index contributed by atoms with van der Waals surface area (Å²) in [5.74, 6) is 0.730. The van der Waals surface area contributed by atoms with Crippen molar-refractivity contribution in [2.24, 2.45) is 5.92 Å². The Labute approximate surface area is 112 Å². The predicted octanol–water partition coefficient (Wildman–Crippen LogP) is 0.639. The number of nitrogens with one attached hydrogen (secondary N) is 1. The molecule has 0 spiro atoms. The Bertz CT molecular complexity index is 243. The van der Waals surface area contributed by atoms with Gasteiger partial charge in [0.1, 0.15) is 0 Å². The first-order valence-electron chi connectivity index (χ1n) is 7.30. The molecule has 0 saturated carbocycles. The molecule has 0 aromatic heterocycles. The van der Waals surface area contributed by atoms with Gasteiger partial charge in [-0.15, -0.1) is 0 Å². The van der Waals surface area contributed by atoms with Crippen LogP contribution < -0.4 is 5.32 Å². The van der Waals surface area contributed by atoms with Crippen molar-refractivity contribution in [1.82, 2.24) is 15.1 Å². The molecule has 1 unspecified atom stereocenters. The van der Waals surface area contributed by atoms with Crippen LogP contribution in [0.4, 0.5) is 0 Å². The first-order chi connectivity index (χ1) is 8.58. The van der Waals surface area contributed by atoms with Crippen LogP contribution in [0.1, 0.15) is 20.3 Å². The molecule has 2 aliphatic heterocycles. The average Bonchev–Trinajstić information content (AvgIpc) is 2.82. The number of nitrogens with zero attached hydrogens (tertiary/aromatic N) is 2. The Morgan fingerprint density at radius 1 is 1.22 bits per heavy atom. The summed E-state index contributed by atoms with van der Waals surface area (Å²) >= 11 is 0. The normalized spacial score (nSPS) is 27.8. The monoisotopic (exact) mass is 255 g/mol. The second-order valence-corrected chi connectivity index (χ2v) is 6.46. The van der Waals surface area contributed by atoms with Crippen LogP contribution in [0.5, 0.6) is 0 Å². The molecular weight excluding hydrogens is 226 g/mol. The number of hydrogen-bond donors (Lipinski definition) is 1. The number of piperazine rings is 1. The molecule has 0 aromatic carbocycles. The molecule has 0 aliphatic carbocycles. The van der Waals surface area contributed by atoms with E-state index >= 15 is 0 Å². The maximum absolute atomic E-state index is 5.41. The molecular formula is C14H29N3O. The molecule has 0 amide bonds. The van der Waals surface area contributed by atoms with Gasteiger partial charge in [-0.3, -0.25) is 4.90 Å². The first-order valence-corrected chi connectivity index (χ1v) is 7.30. The Hall–Kier alpha value is -0.160. The van der Waals surface area contributed by atoms with Crippen LogP contribution in [-0.2, 0) is 4.74 Å². The molecule has 4 heteroatoms. The van der Waals surface area contributed by atoms with Gasteiger partial charge in [-0.1, -0.05) is 0 Å². The second kappa shape index (κ2) is 6.33. The summed E-state index contributed by atoms with van der Waals surface area (Å²) in [6.45, 7) is 13.6. The van der Waals surface area contributed by atoms with E-state index in [9.17, 15) is 0 Å². The minimum Gasteiger partial charge on any atom is -0.381 e. The average molecular weight is 255 g/mol. The van der Waals surface area contributed by atoms with E-state index in [1.165, 1.54) is 32.6 Å². The Balaban J connectivity index is 1.69. The van der Waals surface area contributed by atoms with Crippen LogP contribution >= 0.6 is 0 Å². The maximum atomic E-state index is 5.41. The fourth-order valence-corrected chi connectivity index (χ4v) is 2.85. The molecule has 2 rings (SSSR count). The second-order valence-electron chi connectivity index (χ2n) is 6.46. The van der Waals surface area contributed by atoms with Crippen molar-refractivity contribution in [3.63, 3.8) is 0 Å². The molecule has 1 N–H and O–H groups in total. The van der Waals surface area contributed by atoms with Gasteiger partial charge in [0.2, 0.25) is 0 Å². The third kappa shape index (κ3) is 3.92. The van der Waals surface area contributed by atoms with Crippen LogP contribution in [0.15, 0.2) is 0 Å². The highest BCUT2D eigenvalue weighted by molar-refractivity contribution is 4.87. The lowest BCUT2D eigenvalue weighted by molar-refractivity contribution is 0.0612. The van der Waals surface area contributed by atoms with Gasteiger partial charge in [0.25, 0.3) is 0 Å². The minimum absolute atomic E-state index is 0.265. The zero-order chi connectivity index (χ0) is 13.0. The Morgan fingerprint density at radius 2 is 1.94 bits per heavy atom. The molecule has 0 radical (unpaired) electrons. The van der Waals surface area contributed by atoms with Crippen LogP contribution in [0, 0.1) is 5.92 Å². The molecule has 18 heavy (non-hydrogen) atoms. The smallest absolute Gasteiger partial charge is 0.0507 e. The van der Waals surface area contributed by atoms with Crippen molar-refractivity contribution in [1.29, 1.82) is 0 Å². The fraction of sp³-hybridized carbons (Fsp3) is 1.00. The highest BCUT2D eigenvalue weighted by Crippen LogP contribution is 2.16. The minimum atomic E-state index is 0.265. The van der Waals surface area contributed by atoms with Gasteiger partial charge in [-0.2, -0.15) is 0 Å². The van der Waals surface area contributed by atoms with E-state index in [1.54, 1.807) is 0 Å². The van der Waals surface area contributed by atoms with Gasteiger partial charge in [0.15, 0.2) is 0 Å². The van der Waals surface area contributed by atoms with Gasteiger partial charge in [0, 0.05) is 51.4 Å². The standard InChI is InChI=1S/C14H29N3O/c1-14(2,17-7-5-16(3)6-8-17)12-15-10-13-4-9-18-11-13/h13,15H,4-12H2,1-3H3. The summed E-state index contributed by atoms with van der Waals surface area (Å²) in [4.78, 5) is 5.03. The summed E-state index contributed by atoms with van der Waals surface area (Å²) in [5, 5.41) is 3.64. The van der Waals surface area contributed by atoms with Crippen LogP contribution in [0.2, 0.25) is 0 Å². The maximum Gasteiger partial charge on any atom is 0.0507 e. The van der Waals surface area contributed by atoms with Crippen molar-refractivity contribution in [2.45, 2.75) is 25.8 Å². The quantitative estimate of drug-likeness (QED) is 0.780. The Kier molecular flexibility index (Phi) is 5.01. The van der Waals surface area contributed by atoms with Crippen LogP contribution in [0.3, 0.4) is 0 Å². The van der Waals surface area contributed by atoms with Gasteiger partial charge >= 0.3 is 0 Å². The van der Waals surface area contributed by atoms with Crippen molar-refractivity contribution < 1.29 is 4.74 Å². The third-order valence-electron chi connectivity index (χ3n) is 4.37. The molecule has 1 atom stereocenters. The van der Waals surface area contributed by atoms with Gasteiger partial charge in [-0.25, -0.2) is 0 Å². The Morgan fingerprint density at radius 3 is 2.56 bits per heavy atom. The molecule has 2 fully saturated rings. The summed E-state index contributed by atoms with van der Waals surface area (Å²) in [5.41, 5.74) is 0.265. The summed E-state index contributed by atoms with van der Waals surface area (Å²) in [6, 6.07) is 0. The van der Waals surface area contributed by atoms with E-state index in [0.717, 1.165) is 32.2 Å². The zero-order valence-electron chi connectivity index (χ0n) is 12.2. The first kappa shape index (κ1) is 14.3. The van der Waals surface area contributed by atoms with Crippen LogP contribution in [0.25, 0.3) is 0 Å². The van der Waals surface area contributed by atoms with Gasteiger partial charge in [0.05, 0.1) is 6.61 Å². The highest BCUT2D eigenvalue weighted by Gasteiger charge is 2.29. The van der Waals surface area contributed by atoms with Crippen molar-refractivity contribution in [2.75, 3.05) is 59.5 Å². The highest BCUT2D eigenvalue weighted by atomic mass is 16.5. The lowest BCUT2D eigenvalue weighted by atomic mass is 10.0. The molecule has 0 bridgehead atoms. The van der Waals surface area contributed by atoms with E-state index in [2.05, 4.69) is 36.0 Å². The third-order valence-corrected chi connectivity index (χ3v) is 4.37. The van der Waals surface area contributed by atoms with E-state index in [4.69, 9.17) is 4.74 Å². The summed E-state index contributed by atoms with van der Waals surface area (Å²) < 4.78 is 5.41.